The van der Waals surface area contributed by atoms with E-state index in [1.165, 1.54) is 12.1 Å². The lowest BCUT2D eigenvalue weighted by Gasteiger charge is -2.32. The molecule has 1 fully saturated rings. The summed E-state index contributed by atoms with van der Waals surface area (Å²) in [5.74, 6) is -0.381. The first-order chi connectivity index (χ1) is 11.5. The number of carbonyl (C=O) groups is 1. The first-order valence-corrected chi connectivity index (χ1v) is 8.34. The fourth-order valence-corrected chi connectivity index (χ4v) is 2.73. The molecule has 0 spiro atoms. The summed E-state index contributed by atoms with van der Waals surface area (Å²) >= 11 is 0. The van der Waals surface area contributed by atoms with Gasteiger partial charge in [-0.3, -0.25) is 4.79 Å². The highest BCUT2D eigenvalue weighted by Gasteiger charge is 2.28. The van der Waals surface area contributed by atoms with Crippen LogP contribution in [0.2, 0.25) is 0 Å². The summed E-state index contributed by atoms with van der Waals surface area (Å²) in [6.07, 6.45) is 0.970. The van der Waals surface area contributed by atoms with Crippen molar-refractivity contribution in [3.63, 3.8) is 0 Å². The number of hydrogen-bond acceptors (Lipinski definition) is 4. The van der Waals surface area contributed by atoms with Crippen molar-refractivity contribution in [3.8, 4) is 0 Å². The van der Waals surface area contributed by atoms with Gasteiger partial charge in [0, 0.05) is 13.2 Å². The molecule has 1 aromatic carbocycles. The molecule has 1 N–H and O–H groups in total. The summed E-state index contributed by atoms with van der Waals surface area (Å²) in [7, 11) is 4.00. The molecule has 1 saturated heterocycles. The third-order valence-corrected chi connectivity index (χ3v) is 4.17. The lowest BCUT2D eigenvalue weighted by atomic mass is 10.0. The van der Waals surface area contributed by atoms with Crippen LogP contribution in [0.15, 0.2) is 18.2 Å². The third-order valence-electron chi connectivity index (χ3n) is 4.17. The van der Waals surface area contributed by atoms with Crippen LogP contribution in [0.4, 0.5) is 4.39 Å². The second-order valence-corrected chi connectivity index (χ2v) is 6.50. The molecule has 1 aliphatic rings. The summed E-state index contributed by atoms with van der Waals surface area (Å²) in [6, 6.07) is 4.34. The van der Waals surface area contributed by atoms with Crippen molar-refractivity contribution < 1.29 is 18.7 Å². The zero-order chi connectivity index (χ0) is 17.5. The number of halogens is 1. The maximum Gasteiger partial charge on any atom is 0.224 e. The molecule has 0 aromatic heterocycles. The largest absolute Gasteiger partial charge is 0.379 e. The van der Waals surface area contributed by atoms with E-state index in [1.54, 1.807) is 6.07 Å². The van der Waals surface area contributed by atoms with Crippen molar-refractivity contribution in [3.05, 3.63) is 35.1 Å². The van der Waals surface area contributed by atoms with Crippen molar-refractivity contribution in [2.24, 2.45) is 0 Å². The average Bonchev–Trinajstić information content (AvgIpc) is 2.51. The second-order valence-electron chi connectivity index (χ2n) is 6.50. The van der Waals surface area contributed by atoms with Gasteiger partial charge in [-0.2, -0.15) is 0 Å². The van der Waals surface area contributed by atoms with E-state index in [2.05, 4.69) is 10.2 Å². The van der Waals surface area contributed by atoms with Crippen LogP contribution >= 0.6 is 0 Å². The molecule has 2 atom stereocenters. The van der Waals surface area contributed by atoms with Gasteiger partial charge in [0.25, 0.3) is 0 Å². The van der Waals surface area contributed by atoms with Crippen molar-refractivity contribution >= 4 is 5.91 Å². The van der Waals surface area contributed by atoms with Crippen LogP contribution in [0.5, 0.6) is 0 Å². The summed E-state index contributed by atoms with van der Waals surface area (Å²) in [4.78, 5) is 14.4. The van der Waals surface area contributed by atoms with Gasteiger partial charge in [-0.25, -0.2) is 4.39 Å². The first-order valence-electron chi connectivity index (χ1n) is 8.34. The molecule has 2 rings (SSSR count). The Morgan fingerprint density at radius 1 is 1.46 bits per heavy atom. The van der Waals surface area contributed by atoms with E-state index in [9.17, 15) is 9.18 Å². The van der Waals surface area contributed by atoms with Gasteiger partial charge in [-0.15, -0.1) is 0 Å². The molecule has 1 amide bonds. The molecule has 0 radical (unpaired) electrons. The molecule has 0 saturated carbocycles. The number of aryl methyl sites for hydroxylation is 1. The van der Waals surface area contributed by atoms with E-state index >= 15 is 0 Å². The highest BCUT2D eigenvalue weighted by Crippen LogP contribution is 2.14. The molecule has 6 heteroatoms. The Morgan fingerprint density at radius 2 is 2.25 bits per heavy atom. The van der Waals surface area contributed by atoms with E-state index in [0.717, 1.165) is 24.1 Å². The highest BCUT2D eigenvalue weighted by atomic mass is 19.1. The van der Waals surface area contributed by atoms with Gasteiger partial charge in [-0.05, 0) is 50.7 Å². The lowest BCUT2D eigenvalue weighted by molar-refractivity contribution is -0.125. The van der Waals surface area contributed by atoms with Crippen LogP contribution in [0, 0.1) is 12.7 Å². The number of amides is 1. The van der Waals surface area contributed by atoms with Gasteiger partial charge in [0.15, 0.2) is 0 Å². The van der Waals surface area contributed by atoms with Crippen molar-refractivity contribution in [2.45, 2.75) is 31.9 Å². The van der Waals surface area contributed by atoms with Gasteiger partial charge < -0.3 is 19.7 Å². The SMILES string of the molecule is Cc1cc(F)ccc1CC(=O)N[C@@H]1COCC[C@@H]1OCCN(C)C. The Balaban J connectivity index is 1.87. The number of hydrogen-bond donors (Lipinski definition) is 1. The molecular formula is C18H27FN2O3. The maximum atomic E-state index is 13.1. The molecule has 24 heavy (non-hydrogen) atoms. The lowest BCUT2D eigenvalue weighted by Crippen LogP contribution is -2.51. The minimum atomic E-state index is -0.285. The second kappa shape index (κ2) is 9.11. The van der Waals surface area contributed by atoms with Crippen molar-refractivity contribution in [2.75, 3.05) is 40.5 Å². The molecule has 1 aliphatic heterocycles. The standard InChI is InChI=1S/C18H27FN2O3/c1-13-10-15(19)5-4-14(13)11-18(22)20-16-12-23-8-6-17(16)24-9-7-21(2)3/h4-5,10,16-17H,6-9,11-12H2,1-3H3,(H,20,22)/t16-,17+/m1/s1. The number of nitrogens with zero attached hydrogens (tertiary/aromatic N) is 1. The van der Waals surface area contributed by atoms with Crippen LogP contribution < -0.4 is 5.32 Å². The van der Waals surface area contributed by atoms with Crippen LogP contribution in [-0.2, 0) is 20.7 Å². The van der Waals surface area contributed by atoms with Crippen molar-refractivity contribution in [1.29, 1.82) is 0 Å². The van der Waals surface area contributed by atoms with Crippen LogP contribution in [0.25, 0.3) is 0 Å². The molecule has 0 unspecified atom stereocenters. The minimum absolute atomic E-state index is 0.0306. The Hall–Kier alpha value is -1.50. The summed E-state index contributed by atoms with van der Waals surface area (Å²) in [5, 5.41) is 3.00. The van der Waals surface area contributed by atoms with E-state index in [1.807, 2.05) is 21.0 Å². The molecule has 1 heterocycles. The first kappa shape index (κ1) is 18.8. The van der Waals surface area contributed by atoms with Gasteiger partial charge in [0.1, 0.15) is 5.82 Å². The van der Waals surface area contributed by atoms with Gasteiger partial charge in [0.05, 0.1) is 31.8 Å². The summed E-state index contributed by atoms with van der Waals surface area (Å²) < 4.78 is 24.5. The molecule has 0 bridgehead atoms. The fraction of sp³-hybridized carbons (Fsp3) is 0.611. The number of likely N-dealkylation sites (N-methyl/N-ethyl adjacent to an activating group) is 1. The van der Waals surface area contributed by atoms with Crippen LogP contribution in [-0.4, -0.2) is 63.4 Å². The Bertz CT molecular complexity index is 551. The van der Waals surface area contributed by atoms with E-state index in [4.69, 9.17) is 9.47 Å². The predicted molar refractivity (Wildman–Crippen MR) is 90.5 cm³/mol. The predicted octanol–water partition coefficient (Wildman–Crippen LogP) is 1.53. The normalized spacial score (nSPS) is 21.0. The fourth-order valence-electron chi connectivity index (χ4n) is 2.73. The molecule has 0 aliphatic carbocycles. The van der Waals surface area contributed by atoms with E-state index in [-0.39, 0.29) is 30.3 Å². The van der Waals surface area contributed by atoms with Gasteiger partial charge in [-0.1, -0.05) is 6.07 Å². The van der Waals surface area contributed by atoms with Crippen LogP contribution in [0.1, 0.15) is 17.5 Å². The Morgan fingerprint density at radius 3 is 2.96 bits per heavy atom. The summed E-state index contributed by atoms with van der Waals surface area (Å²) in [6.45, 7) is 4.38. The number of benzene rings is 1. The number of rotatable bonds is 7. The van der Waals surface area contributed by atoms with Gasteiger partial charge >= 0.3 is 0 Å². The quantitative estimate of drug-likeness (QED) is 0.819. The summed E-state index contributed by atoms with van der Waals surface area (Å²) in [5.41, 5.74) is 1.61. The Kier molecular flexibility index (Phi) is 7.15. The number of carbonyl (C=O) groups excluding carboxylic acids is 1. The van der Waals surface area contributed by atoms with E-state index in [0.29, 0.717) is 19.8 Å². The highest BCUT2D eigenvalue weighted by molar-refractivity contribution is 5.79. The Labute approximate surface area is 143 Å². The molecule has 134 valence electrons. The number of ether oxygens (including phenoxy) is 2. The molecule has 1 aromatic rings. The maximum absolute atomic E-state index is 13.1. The topological polar surface area (TPSA) is 50.8 Å². The monoisotopic (exact) mass is 338 g/mol. The van der Waals surface area contributed by atoms with E-state index < -0.39 is 0 Å². The minimum Gasteiger partial charge on any atom is -0.379 e. The van der Waals surface area contributed by atoms with Crippen molar-refractivity contribution in [1.82, 2.24) is 10.2 Å². The molecular weight excluding hydrogens is 311 g/mol. The molecule has 5 nitrogen and oxygen atoms in total. The zero-order valence-corrected chi connectivity index (χ0v) is 14.7. The van der Waals surface area contributed by atoms with Gasteiger partial charge in [0.2, 0.25) is 5.91 Å². The average molecular weight is 338 g/mol. The smallest absolute Gasteiger partial charge is 0.224 e. The number of nitrogens with one attached hydrogen (secondary N) is 1. The zero-order valence-electron chi connectivity index (χ0n) is 14.7. The van der Waals surface area contributed by atoms with Crippen LogP contribution in [0.3, 0.4) is 0 Å². The third kappa shape index (κ3) is 5.85.